The van der Waals surface area contributed by atoms with Crippen molar-refractivity contribution < 1.29 is 72.5 Å². The summed E-state index contributed by atoms with van der Waals surface area (Å²) in [5.41, 5.74) is 1.16. The molecule has 1 aromatic carbocycles. The molecule has 1 aromatic rings. The second kappa shape index (κ2) is 12.8. The SMILES string of the molecule is C1CCCC1.C=CCC(CC=C)(CC=C)c1ccc(O)cc1.F[P-](F)(F)(F)(F)F.F[P-](F)(F)(F)(F)F.[Fe+2]. The third-order valence-corrected chi connectivity index (χ3v) is 4.33. The normalized spacial score (nSPS) is 17.0. The molecule has 1 N–H and O–H groups in total. The topological polar surface area (TPSA) is 20.2 Å². The van der Waals surface area contributed by atoms with Gasteiger partial charge in [-0.25, -0.2) is 0 Å². The van der Waals surface area contributed by atoms with E-state index >= 15 is 0 Å². The van der Waals surface area contributed by atoms with E-state index in [1.54, 1.807) is 12.1 Å². The van der Waals surface area contributed by atoms with E-state index in [-0.39, 0.29) is 22.5 Å². The summed E-state index contributed by atoms with van der Waals surface area (Å²) in [4.78, 5) is 0. The first kappa shape index (κ1) is 40.3. The van der Waals surface area contributed by atoms with Crippen LogP contribution in [-0.4, -0.2) is 5.11 Å². The van der Waals surface area contributed by atoms with Gasteiger partial charge in [-0.05, 0) is 37.0 Å². The van der Waals surface area contributed by atoms with E-state index in [0.29, 0.717) is 5.75 Å². The van der Waals surface area contributed by atoms with Gasteiger partial charge in [-0.2, -0.15) is 0 Å². The van der Waals surface area contributed by atoms with Crippen LogP contribution in [0, 0.1) is 0 Å². The van der Waals surface area contributed by atoms with Gasteiger partial charge in [0.1, 0.15) is 5.75 Å². The van der Waals surface area contributed by atoms with Crippen LogP contribution in [-0.2, 0) is 22.5 Å². The Labute approximate surface area is 218 Å². The van der Waals surface area contributed by atoms with Crippen LogP contribution in [0.15, 0.2) is 62.2 Å². The van der Waals surface area contributed by atoms with E-state index in [9.17, 15) is 55.5 Å². The van der Waals surface area contributed by atoms with Crippen LogP contribution in [0.25, 0.3) is 0 Å². The fraction of sp³-hybridized carbons (Fsp3) is 0.429. The molecule has 0 aliphatic heterocycles. The smallest absolute Gasteiger partial charge is 2.00 e. The van der Waals surface area contributed by atoms with E-state index in [4.69, 9.17) is 0 Å². The zero-order chi connectivity index (χ0) is 29.1. The molecule has 0 spiro atoms. The number of allylic oxidation sites excluding steroid dienone is 3. The molecule has 0 saturated heterocycles. The molecule has 222 valence electrons. The number of rotatable bonds is 7. The molecule has 37 heavy (non-hydrogen) atoms. The second-order valence-electron chi connectivity index (χ2n) is 7.99. The van der Waals surface area contributed by atoms with Gasteiger partial charge in [0.15, 0.2) is 0 Å². The van der Waals surface area contributed by atoms with E-state index in [0.717, 1.165) is 19.3 Å². The van der Waals surface area contributed by atoms with E-state index < -0.39 is 15.6 Å². The Morgan fingerprint density at radius 3 is 1.00 bits per heavy atom. The molecule has 0 unspecified atom stereocenters. The minimum absolute atomic E-state index is 0. The number of phenolic OH excluding ortho intramolecular Hbond substituents is 1. The number of phenols is 1. The van der Waals surface area contributed by atoms with Gasteiger partial charge in [0.05, 0.1) is 0 Å². The molecular weight excluding hydrogens is 614 g/mol. The molecule has 0 bridgehead atoms. The van der Waals surface area contributed by atoms with Crippen molar-refractivity contribution in [2.45, 2.75) is 56.8 Å². The third kappa shape index (κ3) is 37.0. The molecule has 0 aromatic heterocycles. The summed E-state index contributed by atoms with van der Waals surface area (Å²) in [7, 11) is -21.3. The van der Waals surface area contributed by atoms with E-state index in [1.807, 2.05) is 30.4 Å². The molecular formula is C21H30F12FeOP2. The van der Waals surface area contributed by atoms with Gasteiger partial charge >= 0.3 is 83.0 Å². The van der Waals surface area contributed by atoms with Gasteiger partial charge < -0.3 is 5.11 Å². The molecule has 0 radical (unpaired) electrons. The molecule has 1 fully saturated rings. The molecule has 1 aliphatic carbocycles. The van der Waals surface area contributed by atoms with Gasteiger partial charge in [-0.15, -0.1) is 19.7 Å². The first-order valence-electron chi connectivity index (χ1n) is 10.3. The predicted octanol–water partition coefficient (Wildman–Crippen LogP) is 13.1. The summed E-state index contributed by atoms with van der Waals surface area (Å²) >= 11 is 0. The monoisotopic (exact) mass is 644 g/mol. The predicted molar refractivity (Wildman–Crippen MR) is 124 cm³/mol. The summed E-state index contributed by atoms with van der Waals surface area (Å²) < 4.78 is 118. The molecule has 2 rings (SSSR count). The average Bonchev–Trinajstić information content (AvgIpc) is 3.17. The van der Waals surface area contributed by atoms with Crippen molar-refractivity contribution in [3.05, 3.63) is 67.8 Å². The van der Waals surface area contributed by atoms with Crippen LogP contribution in [0.5, 0.6) is 5.75 Å². The molecule has 0 heterocycles. The Hall–Kier alpha value is -1.22. The number of hydrogen-bond acceptors (Lipinski definition) is 1. The quantitative estimate of drug-likeness (QED) is 0.136. The van der Waals surface area contributed by atoms with Crippen molar-refractivity contribution in [2.75, 3.05) is 0 Å². The van der Waals surface area contributed by atoms with Crippen LogP contribution in [0.4, 0.5) is 50.4 Å². The summed E-state index contributed by atoms with van der Waals surface area (Å²) in [6, 6.07) is 7.37. The van der Waals surface area contributed by atoms with Crippen LogP contribution >= 0.6 is 15.6 Å². The zero-order valence-electron chi connectivity index (χ0n) is 19.6. The molecule has 1 nitrogen and oxygen atoms in total. The summed E-state index contributed by atoms with van der Waals surface area (Å²) in [6.45, 7) is 11.5. The summed E-state index contributed by atoms with van der Waals surface area (Å²) in [5, 5.41) is 9.35. The Morgan fingerprint density at radius 2 is 0.811 bits per heavy atom. The first-order valence-corrected chi connectivity index (χ1v) is 14.4. The van der Waals surface area contributed by atoms with Crippen LogP contribution < -0.4 is 0 Å². The van der Waals surface area contributed by atoms with Crippen molar-refractivity contribution in [2.24, 2.45) is 0 Å². The van der Waals surface area contributed by atoms with Crippen molar-refractivity contribution in [1.29, 1.82) is 0 Å². The van der Waals surface area contributed by atoms with Gasteiger partial charge in [0.2, 0.25) is 0 Å². The average molecular weight is 644 g/mol. The van der Waals surface area contributed by atoms with Crippen LogP contribution in [0.3, 0.4) is 0 Å². The molecule has 1 saturated carbocycles. The Kier molecular flexibility index (Phi) is 13.9. The number of halogens is 12. The van der Waals surface area contributed by atoms with Crippen molar-refractivity contribution in [1.82, 2.24) is 0 Å². The van der Waals surface area contributed by atoms with E-state index in [1.165, 1.54) is 37.7 Å². The fourth-order valence-electron chi connectivity index (χ4n) is 3.13. The van der Waals surface area contributed by atoms with Crippen molar-refractivity contribution in [3.8, 4) is 5.75 Å². The number of aromatic hydroxyl groups is 1. The van der Waals surface area contributed by atoms with Gasteiger partial charge in [-0.1, -0.05) is 62.5 Å². The Balaban J connectivity index is -0.000000478. The minimum Gasteiger partial charge on any atom is 2.00 e. The summed E-state index contributed by atoms with van der Waals surface area (Å²) in [6.07, 6.45) is 15.9. The van der Waals surface area contributed by atoms with Gasteiger partial charge in [0.25, 0.3) is 0 Å². The van der Waals surface area contributed by atoms with Gasteiger partial charge in [0, 0.05) is 5.41 Å². The number of hydrogen-bond donors (Lipinski definition) is 1. The molecule has 0 atom stereocenters. The Morgan fingerprint density at radius 1 is 0.595 bits per heavy atom. The largest absolute Gasteiger partial charge is 2.00 e. The Bertz CT molecular complexity index is 759. The standard InChI is InChI=1S/C16H20O.C5H10.2F6P.Fe/c1-4-11-16(12-5-2,13-6-3)14-7-9-15(17)10-8-14;1-2-4-5-3-1;2*1-7(2,3,4,5)6;/h4-10,17H,1-3,11-13H2;1-5H2;;;/q;;2*-1;+2. The minimum atomic E-state index is -10.7. The van der Waals surface area contributed by atoms with Crippen LogP contribution in [0.2, 0.25) is 0 Å². The molecule has 0 amide bonds. The second-order valence-corrected chi connectivity index (χ2v) is 11.8. The summed E-state index contributed by atoms with van der Waals surface area (Å²) in [5.74, 6) is 0.290. The van der Waals surface area contributed by atoms with Gasteiger partial charge in [-0.3, -0.25) is 0 Å². The molecule has 16 heteroatoms. The first-order chi connectivity index (χ1) is 15.6. The van der Waals surface area contributed by atoms with E-state index in [2.05, 4.69) is 19.7 Å². The maximum absolute atomic E-state index is 10.7. The number of benzene rings is 1. The third-order valence-electron chi connectivity index (χ3n) is 4.33. The maximum atomic E-state index is 9.87. The maximum Gasteiger partial charge on any atom is 2.00 e. The zero-order valence-corrected chi connectivity index (χ0v) is 22.4. The molecule has 1 aliphatic rings. The van der Waals surface area contributed by atoms with Crippen LogP contribution in [0.1, 0.15) is 56.9 Å². The fourth-order valence-corrected chi connectivity index (χ4v) is 3.13. The van der Waals surface area contributed by atoms with Crippen molar-refractivity contribution >= 4 is 15.6 Å². The van der Waals surface area contributed by atoms with Crippen molar-refractivity contribution in [3.63, 3.8) is 0 Å².